The molecule has 1 aliphatic heterocycles. The Labute approximate surface area is 150 Å². The van der Waals surface area contributed by atoms with Gasteiger partial charge in [-0.3, -0.25) is 9.69 Å². The average Bonchev–Trinajstić information content (AvgIpc) is 2.61. The minimum atomic E-state index is 0.198. The Morgan fingerprint density at radius 2 is 2.00 bits per heavy atom. The summed E-state index contributed by atoms with van der Waals surface area (Å²) in [6.45, 7) is 5.53. The molecule has 25 heavy (non-hydrogen) atoms. The van der Waals surface area contributed by atoms with E-state index in [9.17, 15) is 4.79 Å². The molecule has 4 nitrogen and oxygen atoms in total. The number of hydrogen-bond donors (Lipinski definition) is 0. The van der Waals surface area contributed by atoms with E-state index in [1.807, 2.05) is 24.1 Å². The molecule has 0 aliphatic carbocycles. The fourth-order valence-electron chi connectivity index (χ4n) is 3.60. The highest BCUT2D eigenvalue weighted by Crippen LogP contribution is 2.22. The molecule has 0 aromatic heterocycles. The molecule has 1 atom stereocenters. The average molecular weight is 340 g/mol. The number of ether oxygens (including phenoxy) is 1. The molecule has 1 saturated heterocycles. The number of amides is 1. The first-order valence-corrected chi connectivity index (χ1v) is 9.08. The number of likely N-dealkylation sites (N-methyl/N-ethyl adjacent to an activating group) is 1. The first-order valence-electron chi connectivity index (χ1n) is 9.08. The number of carbonyl (C=O) groups excluding carboxylic acids is 1. The van der Waals surface area contributed by atoms with Crippen molar-refractivity contribution in [3.8, 4) is 5.75 Å². The minimum absolute atomic E-state index is 0.198. The molecular weight excluding hydrogens is 312 g/mol. The van der Waals surface area contributed by atoms with Crippen LogP contribution in [0, 0.1) is 5.92 Å². The van der Waals surface area contributed by atoms with Crippen molar-refractivity contribution in [2.24, 2.45) is 5.92 Å². The summed E-state index contributed by atoms with van der Waals surface area (Å²) in [5.74, 6) is 1.76. The number of carbonyl (C=O) groups is 1. The number of nitrogens with zero attached hydrogens (tertiary/aromatic N) is 2. The minimum Gasteiger partial charge on any atom is -0.497 e. The third kappa shape index (κ3) is 4.51. The van der Waals surface area contributed by atoms with Gasteiger partial charge in [-0.2, -0.15) is 0 Å². The van der Waals surface area contributed by atoms with Crippen molar-refractivity contribution in [1.29, 1.82) is 0 Å². The molecule has 1 amide bonds. The summed E-state index contributed by atoms with van der Waals surface area (Å²) >= 11 is 0. The topological polar surface area (TPSA) is 32.8 Å². The molecule has 3 rings (SSSR count). The molecule has 1 aliphatic rings. The van der Waals surface area contributed by atoms with Crippen LogP contribution >= 0.6 is 0 Å². The van der Waals surface area contributed by atoms with E-state index in [1.54, 1.807) is 7.11 Å². The van der Waals surface area contributed by atoms with Crippen LogP contribution in [0.4, 0.5) is 0 Å². The lowest BCUT2D eigenvalue weighted by Crippen LogP contribution is -2.42. The van der Waals surface area contributed by atoms with E-state index in [2.05, 4.69) is 36.1 Å². The van der Waals surface area contributed by atoms with E-state index in [4.69, 9.17) is 4.74 Å². The van der Waals surface area contributed by atoms with Crippen molar-refractivity contribution in [3.63, 3.8) is 0 Å². The Bertz CT molecular complexity index is 744. The van der Waals surface area contributed by atoms with Gasteiger partial charge in [-0.15, -0.1) is 0 Å². The summed E-state index contributed by atoms with van der Waals surface area (Å²) < 4.78 is 5.27. The zero-order chi connectivity index (χ0) is 17.8. The van der Waals surface area contributed by atoms with Gasteiger partial charge in [-0.05, 0) is 59.8 Å². The number of fused-ring (bicyclic) bond motifs is 1. The van der Waals surface area contributed by atoms with E-state index in [-0.39, 0.29) is 5.91 Å². The molecule has 0 N–H and O–H groups in total. The monoisotopic (exact) mass is 340 g/mol. The second-order valence-corrected chi connectivity index (χ2v) is 7.28. The van der Waals surface area contributed by atoms with Crippen LogP contribution < -0.4 is 4.74 Å². The number of hydrogen-bond acceptors (Lipinski definition) is 3. The molecule has 1 heterocycles. The molecule has 0 bridgehead atoms. The van der Waals surface area contributed by atoms with Gasteiger partial charge in [0, 0.05) is 20.1 Å². The molecule has 2 aromatic rings. The zero-order valence-electron chi connectivity index (χ0n) is 15.5. The molecule has 0 spiro atoms. The summed E-state index contributed by atoms with van der Waals surface area (Å²) in [5.41, 5.74) is 1.15. The van der Waals surface area contributed by atoms with Crippen molar-refractivity contribution in [2.75, 3.05) is 33.8 Å². The second kappa shape index (κ2) is 7.87. The van der Waals surface area contributed by atoms with Crippen LogP contribution in [0.1, 0.15) is 25.3 Å². The number of benzene rings is 2. The first-order chi connectivity index (χ1) is 12.0. The van der Waals surface area contributed by atoms with E-state index in [0.717, 1.165) is 29.8 Å². The third-order valence-corrected chi connectivity index (χ3v) is 5.06. The fraction of sp³-hybridized carbons (Fsp3) is 0.476. The lowest BCUT2D eigenvalue weighted by molar-refractivity contribution is -0.132. The smallest absolute Gasteiger partial charge is 0.236 e. The predicted octanol–water partition coefficient (Wildman–Crippen LogP) is 3.54. The van der Waals surface area contributed by atoms with Crippen LogP contribution in [-0.2, 0) is 11.3 Å². The van der Waals surface area contributed by atoms with Gasteiger partial charge in [0.25, 0.3) is 0 Å². The van der Waals surface area contributed by atoms with E-state index >= 15 is 0 Å². The molecule has 0 radical (unpaired) electrons. The van der Waals surface area contributed by atoms with Gasteiger partial charge in [-0.1, -0.05) is 25.1 Å². The van der Waals surface area contributed by atoms with Gasteiger partial charge in [0.05, 0.1) is 13.7 Å². The maximum Gasteiger partial charge on any atom is 0.236 e. The van der Waals surface area contributed by atoms with E-state index in [1.165, 1.54) is 18.2 Å². The summed E-state index contributed by atoms with van der Waals surface area (Å²) in [7, 11) is 3.58. The number of likely N-dealkylation sites (tertiary alicyclic amines) is 1. The Morgan fingerprint density at radius 1 is 1.24 bits per heavy atom. The Kier molecular flexibility index (Phi) is 5.59. The predicted molar refractivity (Wildman–Crippen MR) is 102 cm³/mol. The number of rotatable bonds is 5. The second-order valence-electron chi connectivity index (χ2n) is 7.28. The van der Waals surface area contributed by atoms with Crippen molar-refractivity contribution < 1.29 is 9.53 Å². The van der Waals surface area contributed by atoms with Crippen molar-refractivity contribution in [1.82, 2.24) is 9.80 Å². The third-order valence-electron chi connectivity index (χ3n) is 5.06. The highest BCUT2D eigenvalue weighted by molar-refractivity contribution is 5.84. The SMILES string of the molecule is COc1ccc2cc(CN(C)C(=O)CN3CCC[C@H](C)C3)ccc2c1. The van der Waals surface area contributed by atoms with Crippen LogP contribution in [0.25, 0.3) is 10.8 Å². The summed E-state index contributed by atoms with van der Waals surface area (Å²) in [5, 5.41) is 2.32. The van der Waals surface area contributed by atoms with Gasteiger partial charge >= 0.3 is 0 Å². The standard InChI is InChI=1S/C21H28N2O2/c1-16-5-4-10-23(13-16)15-21(24)22(2)14-17-6-7-19-12-20(25-3)9-8-18(19)11-17/h6-9,11-12,16H,4-5,10,13-15H2,1-3H3/t16-/m0/s1. The van der Waals surface area contributed by atoms with E-state index < -0.39 is 0 Å². The molecule has 0 unspecified atom stereocenters. The van der Waals surface area contributed by atoms with Crippen molar-refractivity contribution in [3.05, 3.63) is 42.0 Å². The maximum atomic E-state index is 12.5. The Balaban J connectivity index is 1.62. The molecule has 134 valence electrons. The fourth-order valence-corrected chi connectivity index (χ4v) is 3.60. The van der Waals surface area contributed by atoms with Crippen LogP contribution in [0.5, 0.6) is 5.75 Å². The van der Waals surface area contributed by atoms with E-state index in [0.29, 0.717) is 19.0 Å². The number of piperidine rings is 1. The molecule has 2 aromatic carbocycles. The normalized spacial score (nSPS) is 18.3. The Morgan fingerprint density at radius 3 is 2.76 bits per heavy atom. The first kappa shape index (κ1) is 17.7. The maximum absolute atomic E-state index is 12.5. The molecule has 0 saturated carbocycles. The lowest BCUT2D eigenvalue weighted by atomic mass is 10.0. The Hall–Kier alpha value is -2.07. The number of methoxy groups -OCH3 is 1. The summed E-state index contributed by atoms with van der Waals surface area (Å²) in [6, 6.07) is 12.4. The van der Waals surface area contributed by atoms with Crippen LogP contribution in [-0.4, -0.2) is 49.5 Å². The van der Waals surface area contributed by atoms with Gasteiger partial charge < -0.3 is 9.64 Å². The van der Waals surface area contributed by atoms with Gasteiger partial charge in [0.15, 0.2) is 0 Å². The zero-order valence-corrected chi connectivity index (χ0v) is 15.5. The van der Waals surface area contributed by atoms with Crippen LogP contribution in [0.2, 0.25) is 0 Å². The van der Waals surface area contributed by atoms with Crippen molar-refractivity contribution >= 4 is 16.7 Å². The summed E-state index contributed by atoms with van der Waals surface area (Å²) in [6.07, 6.45) is 2.48. The molecular formula is C21H28N2O2. The molecule has 4 heteroatoms. The lowest BCUT2D eigenvalue weighted by Gasteiger charge is -2.31. The van der Waals surface area contributed by atoms with Gasteiger partial charge in [0.1, 0.15) is 5.75 Å². The van der Waals surface area contributed by atoms with Crippen LogP contribution in [0.15, 0.2) is 36.4 Å². The van der Waals surface area contributed by atoms with Crippen molar-refractivity contribution in [2.45, 2.75) is 26.3 Å². The molecule has 1 fully saturated rings. The van der Waals surface area contributed by atoms with Gasteiger partial charge in [0.2, 0.25) is 5.91 Å². The highest BCUT2D eigenvalue weighted by Gasteiger charge is 2.20. The quantitative estimate of drug-likeness (QED) is 0.835. The largest absolute Gasteiger partial charge is 0.497 e. The van der Waals surface area contributed by atoms with Crippen LogP contribution in [0.3, 0.4) is 0 Å². The van der Waals surface area contributed by atoms with Gasteiger partial charge in [-0.25, -0.2) is 0 Å². The highest BCUT2D eigenvalue weighted by atomic mass is 16.5. The summed E-state index contributed by atoms with van der Waals surface area (Å²) in [4.78, 5) is 16.7.